The fourth-order valence-corrected chi connectivity index (χ4v) is 3.84. The number of rotatable bonds is 4. The van der Waals surface area contributed by atoms with Crippen molar-refractivity contribution < 1.29 is 18.3 Å². The van der Waals surface area contributed by atoms with Crippen LogP contribution in [0, 0.1) is 6.92 Å². The number of sulfonamides is 1. The van der Waals surface area contributed by atoms with Crippen LogP contribution in [-0.4, -0.2) is 30.1 Å². The van der Waals surface area contributed by atoms with E-state index in [0.717, 1.165) is 5.52 Å². The molecule has 2 N–H and O–H groups in total. The van der Waals surface area contributed by atoms with E-state index in [1.54, 1.807) is 30.7 Å². The Bertz CT molecular complexity index is 777. The molecule has 0 saturated heterocycles. The van der Waals surface area contributed by atoms with Gasteiger partial charge in [-0.05, 0) is 19.9 Å². The van der Waals surface area contributed by atoms with Gasteiger partial charge in [0.05, 0.1) is 0 Å². The van der Waals surface area contributed by atoms with Crippen LogP contribution in [0.3, 0.4) is 0 Å². The predicted molar refractivity (Wildman–Crippen MR) is 75.1 cm³/mol. The molecule has 0 saturated carbocycles. The number of benzene rings is 1. The lowest BCUT2D eigenvalue weighted by Crippen LogP contribution is -2.38. The molecule has 0 amide bonds. The molecule has 0 spiro atoms. The molecule has 20 heavy (non-hydrogen) atoms. The Morgan fingerprint density at radius 1 is 1.35 bits per heavy atom. The maximum Gasteiger partial charge on any atom is 0.321 e. The van der Waals surface area contributed by atoms with Crippen LogP contribution in [0.2, 0.25) is 0 Å². The molecule has 0 fully saturated rings. The first-order valence-corrected chi connectivity index (χ1v) is 7.53. The molecule has 1 heterocycles. The number of fused-ring (bicyclic) bond motifs is 1. The molecule has 2 rings (SSSR count). The van der Waals surface area contributed by atoms with Crippen LogP contribution in [0.5, 0.6) is 0 Å². The minimum atomic E-state index is -3.89. The number of hydrogen-bond acceptors (Lipinski definition) is 3. The average molecular weight is 296 g/mol. The van der Waals surface area contributed by atoms with Gasteiger partial charge < -0.3 is 9.67 Å². The van der Waals surface area contributed by atoms with Crippen molar-refractivity contribution in [3.63, 3.8) is 0 Å². The molecule has 2 aromatic rings. The van der Waals surface area contributed by atoms with Crippen LogP contribution < -0.4 is 4.72 Å². The number of hydrogen-bond donors (Lipinski definition) is 2. The minimum absolute atomic E-state index is 0.128. The molecule has 0 bridgehead atoms. The molecule has 0 aliphatic heterocycles. The van der Waals surface area contributed by atoms with Gasteiger partial charge in [-0.15, -0.1) is 0 Å². The Morgan fingerprint density at radius 2 is 1.95 bits per heavy atom. The molecular weight excluding hydrogens is 280 g/mol. The number of carbonyl (C=O) groups is 1. The Hall–Kier alpha value is -1.86. The van der Waals surface area contributed by atoms with Crippen molar-refractivity contribution in [3.05, 3.63) is 30.0 Å². The highest BCUT2D eigenvalue weighted by atomic mass is 32.2. The zero-order valence-electron chi connectivity index (χ0n) is 11.4. The number of aliphatic carboxylic acids is 1. The first-order chi connectivity index (χ1) is 9.25. The highest BCUT2D eigenvalue weighted by Crippen LogP contribution is 2.28. The molecule has 0 unspecified atom stereocenters. The van der Waals surface area contributed by atoms with Gasteiger partial charge in [0.2, 0.25) is 10.0 Å². The Morgan fingerprint density at radius 3 is 2.55 bits per heavy atom. The molecule has 6 nitrogen and oxygen atoms in total. The van der Waals surface area contributed by atoms with Gasteiger partial charge in [-0.2, -0.15) is 4.72 Å². The number of nitrogens with zero attached hydrogens (tertiary/aromatic N) is 1. The zero-order chi connectivity index (χ0) is 15.1. The summed E-state index contributed by atoms with van der Waals surface area (Å²) < 4.78 is 28.8. The van der Waals surface area contributed by atoms with Gasteiger partial charge in [0.15, 0.2) is 0 Å². The van der Waals surface area contributed by atoms with Crippen molar-refractivity contribution in [2.45, 2.75) is 24.8 Å². The fourth-order valence-electron chi connectivity index (χ4n) is 2.17. The van der Waals surface area contributed by atoms with Crippen LogP contribution in [0.15, 0.2) is 29.2 Å². The molecule has 108 valence electrons. The fraction of sp³-hybridized carbons (Fsp3) is 0.308. The second-order valence-electron chi connectivity index (χ2n) is 4.67. The van der Waals surface area contributed by atoms with E-state index in [0.29, 0.717) is 11.1 Å². The summed E-state index contributed by atoms with van der Waals surface area (Å²) in [6, 6.07) is 5.93. The summed E-state index contributed by atoms with van der Waals surface area (Å²) in [5, 5.41) is 9.43. The maximum absolute atomic E-state index is 12.4. The Balaban J connectivity index is 2.63. The van der Waals surface area contributed by atoms with E-state index in [1.165, 1.54) is 6.92 Å². The van der Waals surface area contributed by atoms with Crippen molar-refractivity contribution >= 4 is 26.9 Å². The van der Waals surface area contributed by atoms with E-state index < -0.39 is 22.0 Å². The molecular formula is C13H16N2O4S. The van der Waals surface area contributed by atoms with Gasteiger partial charge in [0.1, 0.15) is 10.9 Å². The molecule has 1 aromatic carbocycles. The third-order valence-corrected chi connectivity index (χ3v) is 5.03. The summed E-state index contributed by atoms with van der Waals surface area (Å²) in [6.07, 6.45) is 0. The second-order valence-corrected chi connectivity index (χ2v) is 6.32. The van der Waals surface area contributed by atoms with Crippen molar-refractivity contribution in [2.75, 3.05) is 0 Å². The maximum atomic E-state index is 12.4. The standard InChI is InChI=1S/C13H16N2O4S/c1-8(13(16)17)14-20(18,19)12-9(2)15(3)11-7-5-4-6-10(11)12/h4-8,14H,1-3H3,(H,16,17)/t8-/m0/s1. The lowest BCUT2D eigenvalue weighted by Gasteiger charge is -2.10. The Labute approximate surface area is 117 Å². The van der Waals surface area contributed by atoms with Crippen LogP contribution in [0.4, 0.5) is 0 Å². The van der Waals surface area contributed by atoms with Gasteiger partial charge in [0, 0.05) is 23.6 Å². The molecule has 1 aromatic heterocycles. The smallest absolute Gasteiger partial charge is 0.321 e. The SMILES string of the molecule is Cc1c(S(=O)(=O)N[C@@H](C)C(=O)O)c2ccccc2n1C. The summed E-state index contributed by atoms with van der Waals surface area (Å²) in [7, 11) is -2.12. The zero-order valence-corrected chi connectivity index (χ0v) is 12.2. The number of aryl methyl sites for hydroxylation is 1. The minimum Gasteiger partial charge on any atom is -0.480 e. The summed E-state index contributed by atoms with van der Waals surface area (Å²) in [4.78, 5) is 11.0. The number of carboxylic acid groups (broad SMARTS) is 1. The second kappa shape index (κ2) is 4.92. The van der Waals surface area contributed by atoms with Gasteiger partial charge in [-0.1, -0.05) is 18.2 Å². The molecule has 0 radical (unpaired) electrons. The molecule has 0 aliphatic rings. The number of para-hydroxylation sites is 1. The van der Waals surface area contributed by atoms with E-state index in [1.807, 2.05) is 12.1 Å². The monoisotopic (exact) mass is 296 g/mol. The van der Waals surface area contributed by atoms with Gasteiger partial charge in [-0.3, -0.25) is 4.79 Å². The quantitative estimate of drug-likeness (QED) is 0.888. The summed E-state index contributed by atoms with van der Waals surface area (Å²) in [6.45, 7) is 2.99. The van der Waals surface area contributed by atoms with E-state index in [-0.39, 0.29) is 4.90 Å². The van der Waals surface area contributed by atoms with Crippen LogP contribution >= 0.6 is 0 Å². The van der Waals surface area contributed by atoms with Crippen molar-refractivity contribution in [1.29, 1.82) is 0 Å². The van der Waals surface area contributed by atoms with E-state index in [2.05, 4.69) is 4.72 Å². The van der Waals surface area contributed by atoms with Gasteiger partial charge in [0.25, 0.3) is 0 Å². The normalized spacial score (nSPS) is 13.6. The topological polar surface area (TPSA) is 88.4 Å². The van der Waals surface area contributed by atoms with Gasteiger partial charge in [-0.25, -0.2) is 8.42 Å². The van der Waals surface area contributed by atoms with Gasteiger partial charge >= 0.3 is 5.97 Å². The summed E-state index contributed by atoms with van der Waals surface area (Å²) in [5.74, 6) is -1.22. The summed E-state index contributed by atoms with van der Waals surface area (Å²) in [5.41, 5.74) is 1.35. The Kier molecular flexibility index (Phi) is 3.58. The lowest BCUT2D eigenvalue weighted by atomic mass is 10.2. The van der Waals surface area contributed by atoms with Crippen molar-refractivity contribution in [1.82, 2.24) is 9.29 Å². The first kappa shape index (κ1) is 14.5. The van der Waals surface area contributed by atoms with E-state index >= 15 is 0 Å². The molecule has 7 heteroatoms. The van der Waals surface area contributed by atoms with Crippen molar-refractivity contribution in [2.24, 2.45) is 7.05 Å². The third-order valence-electron chi connectivity index (χ3n) is 3.31. The summed E-state index contributed by atoms with van der Waals surface area (Å²) >= 11 is 0. The number of aromatic nitrogens is 1. The predicted octanol–water partition coefficient (Wildman–Crippen LogP) is 1.24. The highest BCUT2D eigenvalue weighted by Gasteiger charge is 2.27. The molecule has 0 aliphatic carbocycles. The van der Waals surface area contributed by atoms with Crippen LogP contribution in [-0.2, 0) is 21.9 Å². The van der Waals surface area contributed by atoms with Crippen LogP contribution in [0.25, 0.3) is 10.9 Å². The molecule has 1 atom stereocenters. The van der Waals surface area contributed by atoms with Crippen LogP contribution in [0.1, 0.15) is 12.6 Å². The lowest BCUT2D eigenvalue weighted by molar-refractivity contribution is -0.138. The average Bonchev–Trinajstić information content (AvgIpc) is 2.62. The third kappa shape index (κ3) is 2.30. The number of carboxylic acids is 1. The van der Waals surface area contributed by atoms with E-state index in [9.17, 15) is 13.2 Å². The van der Waals surface area contributed by atoms with E-state index in [4.69, 9.17) is 5.11 Å². The van der Waals surface area contributed by atoms with Crippen molar-refractivity contribution in [3.8, 4) is 0 Å². The first-order valence-electron chi connectivity index (χ1n) is 6.05. The highest BCUT2D eigenvalue weighted by molar-refractivity contribution is 7.89. The number of nitrogens with one attached hydrogen (secondary N) is 1. The largest absolute Gasteiger partial charge is 0.480 e.